The first-order valence-corrected chi connectivity index (χ1v) is 11.1. The van der Waals surface area contributed by atoms with Gasteiger partial charge in [-0.05, 0) is 38.3 Å². The summed E-state index contributed by atoms with van der Waals surface area (Å²) >= 11 is 0. The average Bonchev–Trinajstić information content (AvgIpc) is 2.70. The van der Waals surface area contributed by atoms with Crippen molar-refractivity contribution in [3.63, 3.8) is 0 Å². The lowest BCUT2D eigenvalue weighted by molar-refractivity contribution is 0.640. The standard InChI is InChI=1S/C23H33N3OS.HI/c1-23(2,3)28(27)16-15-25-22(24-4)26-18-21(20-13-9-6-10-14-20)17-19-11-7-5-8-12-19;/h5-14,21H,15-18H2,1-4H3,(H2,24,25,26);1H. The quantitative estimate of drug-likeness (QED) is 0.305. The molecule has 0 amide bonds. The maximum absolute atomic E-state index is 12.2. The van der Waals surface area contributed by atoms with Gasteiger partial charge in [-0.25, -0.2) is 0 Å². The van der Waals surface area contributed by atoms with Crippen LogP contribution >= 0.6 is 24.0 Å². The average molecular weight is 528 g/mol. The summed E-state index contributed by atoms with van der Waals surface area (Å²) in [6.45, 7) is 7.43. The molecule has 29 heavy (non-hydrogen) atoms. The number of hydrogen-bond acceptors (Lipinski definition) is 2. The van der Waals surface area contributed by atoms with E-state index in [0.29, 0.717) is 18.2 Å². The first-order valence-electron chi connectivity index (χ1n) is 9.82. The molecule has 0 fully saturated rings. The molecule has 0 aliphatic heterocycles. The van der Waals surface area contributed by atoms with Crippen LogP contribution < -0.4 is 10.6 Å². The van der Waals surface area contributed by atoms with Gasteiger partial charge < -0.3 is 10.6 Å². The van der Waals surface area contributed by atoms with Crippen molar-refractivity contribution in [1.82, 2.24) is 10.6 Å². The molecule has 0 heterocycles. The van der Waals surface area contributed by atoms with Crippen LogP contribution in [0.25, 0.3) is 0 Å². The fourth-order valence-corrected chi connectivity index (χ4v) is 3.84. The van der Waals surface area contributed by atoms with Gasteiger partial charge in [0.1, 0.15) is 0 Å². The van der Waals surface area contributed by atoms with Gasteiger partial charge >= 0.3 is 0 Å². The molecule has 2 rings (SSSR count). The van der Waals surface area contributed by atoms with Gasteiger partial charge in [-0.3, -0.25) is 9.20 Å². The van der Waals surface area contributed by atoms with Gasteiger partial charge in [-0.2, -0.15) is 0 Å². The molecule has 2 aromatic rings. The predicted octanol–water partition coefficient (Wildman–Crippen LogP) is 4.34. The summed E-state index contributed by atoms with van der Waals surface area (Å²) in [4.78, 5) is 4.32. The lowest BCUT2D eigenvalue weighted by Crippen LogP contribution is -2.42. The number of rotatable bonds is 8. The molecule has 160 valence electrons. The zero-order valence-corrected chi connectivity index (χ0v) is 21.0. The number of halogens is 1. The monoisotopic (exact) mass is 527 g/mol. The topological polar surface area (TPSA) is 53.5 Å². The summed E-state index contributed by atoms with van der Waals surface area (Å²) in [5.41, 5.74) is 2.63. The van der Waals surface area contributed by atoms with Gasteiger partial charge in [-0.15, -0.1) is 24.0 Å². The number of nitrogens with one attached hydrogen (secondary N) is 2. The lowest BCUT2D eigenvalue weighted by Gasteiger charge is -2.21. The summed E-state index contributed by atoms with van der Waals surface area (Å²) in [6.07, 6.45) is 0.961. The Morgan fingerprint density at radius 3 is 2.14 bits per heavy atom. The van der Waals surface area contributed by atoms with Crippen molar-refractivity contribution in [1.29, 1.82) is 0 Å². The Hall–Kier alpha value is -1.41. The molecule has 4 nitrogen and oxygen atoms in total. The van der Waals surface area contributed by atoms with Crippen molar-refractivity contribution in [2.75, 3.05) is 25.9 Å². The lowest BCUT2D eigenvalue weighted by atomic mass is 9.92. The van der Waals surface area contributed by atoms with Crippen LogP contribution in [0, 0.1) is 0 Å². The van der Waals surface area contributed by atoms with Gasteiger partial charge in [0, 0.05) is 47.4 Å². The number of benzene rings is 2. The number of nitrogens with zero attached hydrogens (tertiary/aromatic N) is 1. The summed E-state index contributed by atoms with van der Waals surface area (Å²) in [7, 11) is 0.899. The molecule has 2 atom stereocenters. The molecule has 0 radical (unpaired) electrons. The third-order valence-corrected chi connectivity index (χ3v) is 6.54. The normalized spacial score (nSPS) is 13.9. The fraction of sp³-hybridized carbons (Fsp3) is 0.435. The highest BCUT2D eigenvalue weighted by atomic mass is 127. The van der Waals surface area contributed by atoms with Gasteiger partial charge in [-0.1, -0.05) is 60.7 Å². The Kier molecular flexibility index (Phi) is 11.5. The molecule has 0 aliphatic carbocycles. The van der Waals surface area contributed by atoms with E-state index in [1.54, 1.807) is 7.05 Å². The van der Waals surface area contributed by atoms with Crippen LogP contribution in [-0.4, -0.2) is 40.8 Å². The maximum atomic E-state index is 12.2. The Balaban J connectivity index is 0.00000420. The van der Waals surface area contributed by atoms with Crippen LogP contribution in [0.2, 0.25) is 0 Å². The molecule has 0 saturated carbocycles. The minimum atomic E-state index is -0.870. The van der Waals surface area contributed by atoms with Crippen molar-refractivity contribution in [3.8, 4) is 0 Å². The Morgan fingerprint density at radius 1 is 1.00 bits per heavy atom. The van der Waals surface area contributed by atoms with E-state index in [1.807, 2.05) is 32.9 Å². The van der Waals surface area contributed by atoms with Crippen LogP contribution in [0.4, 0.5) is 0 Å². The summed E-state index contributed by atoms with van der Waals surface area (Å²) in [5, 5.41) is 6.73. The summed E-state index contributed by atoms with van der Waals surface area (Å²) in [5.74, 6) is 1.70. The first kappa shape index (κ1) is 25.6. The molecule has 0 bridgehead atoms. The van der Waals surface area contributed by atoms with Gasteiger partial charge in [0.15, 0.2) is 5.96 Å². The molecule has 0 saturated heterocycles. The molecule has 0 aromatic heterocycles. The Morgan fingerprint density at radius 2 is 1.59 bits per heavy atom. The van der Waals surface area contributed by atoms with Gasteiger partial charge in [0.2, 0.25) is 0 Å². The van der Waals surface area contributed by atoms with Crippen molar-refractivity contribution in [2.45, 2.75) is 37.9 Å². The van der Waals surface area contributed by atoms with Crippen LogP contribution in [0.3, 0.4) is 0 Å². The zero-order chi connectivity index (χ0) is 20.4. The molecular weight excluding hydrogens is 493 g/mol. The molecular formula is C23H34IN3OS. The number of aliphatic imine (C=N–C) groups is 1. The van der Waals surface area contributed by atoms with E-state index in [2.05, 4.69) is 64.2 Å². The Labute approximate surface area is 195 Å². The predicted molar refractivity (Wildman–Crippen MR) is 137 cm³/mol. The van der Waals surface area contributed by atoms with E-state index < -0.39 is 10.8 Å². The zero-order valence-electron chi connectivity index (χ0n) is 17.9. The van der Waals surface area contributed by atoms with Crippen LogP contribution in [0.5, 0.6) is 0 Å². The van der Waals surface area contributed by atoms with E-state index in [-0.39, 0.29) is 28.7 Å². The van der Waals surface area contributed by atoms with Crippen LogP contribution in [0.1, 0.15) is 37.8 Å². The SMILES string of the molecule is CN=C(NCCS(=O)C(C)(C)C)NCC(Cc1ccccc1)c1ccccc1.I. The largest absolute Gasteiger partial charge is 0.356 e. The molecule has 2 N–H and O–H groups in total. The van der Waals surface area contributed by atoms with E-state index in [1.165, 1.54) is 11.1 Å². The first-order chi connectivity index (χ1) is 13.4. The van der Waals surface area contributed by atoms with Crippen molar-refractivity contribution >= 4 is 40.7 Å². The second kappa shape index (κ2) is 13.0. The van der Waals surface area contributed by atoms with E-state index in [4.69, 9.17) is 0 Å². The fourth-order valence-electron chi connectivity index (χ4n) is 2.94. The van der Waals surface area contributed by atoms with Gasteiger partial charge in [0.05, 0.1) is 0 Å². The highest BCUT2D eigenvalue weighted by Crippen LogP contribution is 2.20. The molecule has 0 aliphatic rings. The van der Waals surface area contributed by atoms with E-state index in [9.17, 15) is 4.21 Å². The Bertz CT molecular complexity index is 761. The summed E-state index contributed by atoms with van der Waals surface area (Å²) in [6, 6.07) is 21.1. The highest BCUT2D eigenvalue weighted by Gasteiger charge is 2.19. The smallest absolute Gasteiger partial charge is 0.191 e. The van der Waals surface area contributed by atoms with Crippen LogP contribution in [0.15, 0.2) is 65.7 Å². The molecule has 0 spiro atoms. The molecule has 2 unspecified atom stereocenters. The third-order valence-electron chi connectivity index (χ3n) is 4.60. The summed E-state index contributed by atoms with van der Waals surface area (Å²) < 4.78 is 12.0. The third kappa shape index (κ3) is 9.30. The van der Waals surface area contributed by atoms with Crippen molar-refractivity contribution in [3.05, 3.63) is 71.8 Å². The second-order valence-corrected chi connectivity index (χ2v) is 10.2. The minimum absolute atomic E-state index is 0. The number of guanidine groups is 1. The number of hydrogen-bond donors (Lipinski definition) is 2. The van der Waals surface area contributed by atoms with Crippen molar-refractivity contribution < 1.29 is 4.21 Å². The highest BCUT2D eigenvalue weighted by molar-refractivity contribution is 14.0. The van der Waals surface area contributed by atoms with Gasteiger partial charge in [0.25, 0.3) is 0 Å². The minimum Gasteiger partial charge on any atom is -0.356 e. The molecule has 6 heteroatoms. The second-order valence-electron chi connectivity index (χ2n) is 7.84. The van der Waals surface area contributed by atoms with E-state index in [0.717, 1.165) is 18.9 Å². The molecule has 2 aromatic carbocycles. The van der Waals surface area contributed by atoms with Crippen LogP contribution in [-0.2, 0) is 17.2 Å². The van der Waals surface area contributed by atoms with Crippen molar-refractivity contribution in [2.24, 2.45) is 4.99 Å². The van der Waals surface area contributed by atoms with E-state index >= 15 is 0 Å². The maximum Gasteiger partial charge on any atom is 0.191 e.